The molecule has 23 heavy (non-hydrogen) atoms. The fourth-order valence-corrected chi connectivity index (χ4v) is 3.09. The number of carbonyl (C=O) groups excluding carboxylic acids is 1. The molecule has 1 amide bonds. The molecule has 0 aliphatic carbocycles. The summed E-state index contributed by atoms with van der Waals surface area (Å²) in [7, 11) is 0. The van der Waals surface area contributed by atoms with Gasteiger partial charge in [-0.2, -0.15) is 0 Å². The molecule has 0 saturated carbocycles. The molecule has 0 radical (unpaired) electrons. The fraction of sp³-hybridized carbons (Fsp3) is 0.632. The summed E-state index contributed by atoms with van der Waals surface area (Å²) in [6.07, 6.45) is 2.38. The van der Waals surface area contributed by atoms with Crippen LogP contribution in [-0.4, -0.2) is 41.1 Å². The number of hydrogen-bond acceptors (Lipinski definition) is 3. The molecule has 1 aliphatic heterocycles. The maximum atomic E-state index is 12.2. The van der Waals surface area contributed by atoms with E-state index in [0.717, 1.165) is 24.9 Å². The summed E-state index contributed by atoms with van der Waals surface area (Å²) in [6, 6.07) is 10.3. The van der Waals surface area contributed by atoms with E-state index in [1.54, 1.807) is 0 Å². The normalized spacial score (nSPS) is 21.3. The molecule has 1 saturated heterocycles. The molecular weight excluding hydrogens is 288 g/mol. The molecule has 2 N–H and O–H groups in total. The predicted octanol–water partition coefficient (Wildman–Crippen LogP) is 2.74. The van der Waals surface area contributed by atoms with Gasteiger partial charge in [0.2, 0.25) is 5.91 Å². The Morgan fingerprint density at radius 2 is 2.00 bits per heavy atom. The topological polar surface area (TPSA) is 52.6 Å². The molecule has 0 aromatic heterocycles. The van der Waals surface area contributed by atoms with Crippen molar-refractivity contribution < 1.29 is 9.90 Å². The van der Waals surface area contributed by atoms with Gasteiger partial charge in [0, 0.05) is 12.1 Å². The van der Waals surface area contributed by atoms with Gasteiger partial charge in [0.05, 0.1) is 12.6 Å². The van der Waals surface area contributed by atoms with E-state index in [9.17, 15) is 9.90 Å². The summed E-state index contributed by atoms with van der Waals surface area (Å²) < 4.78 is 0. The molecule has 3 unspecified atom stereocenters. The van der Waals surface area contributed by atoms with Crippen molar-refractivity contribution in [3.8, 4) is 0 Å². The number of nitrogens with one attached hydrogen (secondary N) is 1. The highest BCUT2D eigenvalue weighted by atomic mass is 16.3. The Balaban J connectivity index is 1.86. The molecule has 0 spiro atoms. The first-order chi connectivity index (χ1) is 11.0. The molecule has 1 aliphatic rings. The Morgan fingerprint density at radius 1 is 1.30 bits per heavy atom. The summed E-state index contributed by atoms with van der Waals surface area (Å²) in [4.78, 5) is 14.4. The lowest BCUT2D eigenvalue weighted by molar-refractivity contribution is -0.123. The predicted molar refractivity (Wildman–Crippen MR) is 93.1 cm³/mol. The van der Waals surface area contributed by atoms with Crippen molar-refractivity contribution in [2.45, 2.75) is 58.2 Å². The largest absolute Gasteiger partial charge is 0.388 e. The van der Waals surface area contributed by atoms with E-state index in [-0.39, 0.29) is 18.0 Å². The molecule has 128 valence electrons. The molecule has 1 aromatic rings. The van der Waals surface area contributed by atoms with Crippen molar-refractivity contribution in [1.82, 2.24) is 10.2 Å². The zero-order valence-corrected chi connectivity index (χ0v) is 14.5. The van der Waals surface area contributed by atoms with Gasteiger partial charge < -0.3 is 10.4 Å². The van der Waals surface area contributed by atoms with Crippen LogP contribution in [0.1, 0.15) is 51.7 Å². The number of carbonyl (C=O) groups is 1. The molecule has 0 bridgehead atoms. The SMILES string of the molecule is CC(C)C(C)NC(=O)CN1CCCC1CC(O)c1ccccc1. The average Bonchev–Trinajstić information content (AvgIpc) is 2.94. The summed E-state index contributed by atoms with van der Waals surface area (Å²) in [6.45, 7) is 7.64. The first-order valence-electron chi connectivity index (χ1n) is 8.73. The first kappa shape index (κ1) is 18.0. The van der Waals surface area contributed by atoms with Crippen LogP contribution in [0.15, 0.2) is 30.3 Å². The smallest absolute Gasteiger partial charge is 0.234 e. The Hall–Kier alpha value is -1.39. The van der Waals surface area contributed by atoms with Gasteiger partial charge in [0.25, 0.3) is 0 Å². The number of hydrogen-bond donors (Lipinski definition) is 2. The molecule has 1 heterocycles. The number of nitrogens with zero attached hydrogens (tertiary/aromatic N) is 1. The van der Waals surface area contributed by atoms with Gasteiger partial charge >= 0.3 is 0 Å². The third-order valence-corrected chi connectivity index (χ3v) is 4.91. The van der Waals surface area contributed by atoms with Crippen molar-refractivity contribution in [3.05, 3.63) is 35.9 Å². The number of rotatable bonds is 7. The lowest BCUT2D eigenvalue weighted by Gasteiger charge is -2.27. The van der Waals surface area contributed by atoms with Crippen LogP contribution >= 0.6 is 0 Å². The highest BCUT2D eigenvalue weighted by Gasteiger charge is 2.28. The minimum atomic E-state index is -0.459. The van der Waals surface area contributed by atoms with Gasteiger partial charge in [0.15, 0.2) is 0 Å². The zero-order chi connectivity index (χ0) is 16.8. The van der Waals surface area contributed by atoms with Crippen molar-refractivity contribution in [1.29, 1.82) is 0 Å². The van der Waals surface area contributed by atoms with Crippen LogP contribution < -0.4 is 5.32 Å². The van der Waals surface area contributed by atoms with Crippen molar-refractivity contribution >= 4 is 5.91 Å². The van der Waals surface area contributed by atoms with E-state index >= 15 is 0 Å². The van der Waals surface area contributed by atoms with E-state index in [4.69, 9.17) is 0 Å². The van der Waals surface area contributed by atoms with Gasteiger partial charge in [-0.15, -0.1) is 0 Å². The van der Waals surface area contributed by atoms with Crippen LogP contribution in [0.3, 0.4) is 0 Å². The summed E-state index contributed by atoms with van der Waals surface area (Å²) >= 11 is 0. The monoisotopic (exact) mass is 318 g/mol. The first-order valence-corrected chi connectivity index (χ1v) is 8.73. The van der Waals surface area contributed by atoms with Crippen molar-refractivity contribution in [3.63, 3.8) is 0 Å². The lowest BCUT2D eigenvalue weighted by Crippen LogP contribution is -2.44. The second-order valence-electron chi connectivity index (χ2n) is 7.03. The lowest BCUT2D eigenvalue weighted by atomic mass is 10.0. The number of aliphatic hydroxyl groups is 1. The van der Waals surface area contributed by atoms with Crippen LogP contribution in [-0.2, 0) is 4.79 Å². The fourth-order valence-electron chi connectivity index (χ4n) is 3.09. The highest BCUT2D eigenvalue weighted by Crippen LogP contribution is 2.27. The van der Waals surface area contributed by atoms with E-state index in [1.165, 1.54) is 0 Å². The molecule has 3 atom stereocenters. The number of aliphatic hydroxyl groups excluding tert-OH is 1. The van der Waals surface area contributed by atoms with E-state index in [2.05, 4.69) is 24.1 Å². The Morgan fingerprint density at radius 3 is 2.65 bits per heavy atom. The van der Waals surface area contributed by atoms with Crippen LogP contribution in [0, 0.1) is 5.92 Å². The van der Waals surface area contributed by atoms with Gasteiger partial charge in [-0.25, -0.2) is 0 Å². The minimum Gasteiger partial charge on any atom is -0.388 e. The second kappa shape index (κ2) is 8.46. The van der Waals surface area contributed by atoms with Gasteiger partial charge in [-0.05, 0) is 44.2 Å². The number of benzene rings is 1. The molecule has 2 rings (SSSR count). The summed E-state index contributed by atoms with van der Waals surface area (Å²) in [5.41, 5.74) is 0.956. The van der Waals surface area contributed by atoms with Crippen LogP contribution in [0.5, 0.6) is 0 Å². The van der Waals surface area contributed by atoms with E-state index in [0.29, 0.717) is 18.9 Å². The minimum absolute atomic E-state index is 0.0901. The quantitative estimate of drug-likeness (QED) is 0.813. The maximum Gasteiger partial charge on any atom is 0.234 e. The molecule has 1 fully saturated rings. The third kappa shape index (κ3) is 5.33. The van der Waals surface area contributed by atoms with Gasteiger partial charge in [-0.3, -0.25) is 9.69 Å². The third-order valence-electron chi connectivity index (χ3n) is 4.91. The summed E-state index contributed by atoms with van der Waals surface area (Å²) in [5, 5.41) is 13.5. The van der Waals surface area contributed by atoms with E-state index < -0.39 is 6.10 Å². The van der Waals surface area contributed by atoms with Gasteiger partial charge in [0.1, 0.15) is 0 Å². The molecule has 4 nitrogen and oxygen atoms in total. The molecular formula is C19H30N2O2. The zero-order valence-electron chi connectivity index (χ0n) is 14.5. The van der Waals surface area contributed by atoms with Gasteiger partial charge in [-0.1, -0.05) is 44.2 Å². The Bertz CT molecular complexity index is 489. The second-order valence-corrected chi connectivity index (χ2v) is 7.03. The van der Waals surface area contributed by atoms with E-state index in [1.807, 2.05) is 37.3 Å². The maximum absolute atomic E-state index is 12.2. The Labute approximate surface area is 139 Å². The molecule has 1 aromatic carbocycles. The molecule has 4 heteroatoms. The van der Waals surface area contributed by atoms with Crippen molar-refractivity contribution in [2.75, 3.05) is 13.1 Å². The number of likely N-dealkylation sites (tertiary alicyclic amines) is 1. The average molecular weight is 318 g/mol. The standard InChI is InChI=1S/C19H30N2O2/c1-14(2)15(3)20-19(23)13-21-11-7-10-17(21)12-18(22)16-8-5-4-6-9-16/h4-6,8-9,14-15,17-18,22H,7,10-13H2,1-3H3,(H,20,23). The Kier molecular flexibility index (Phi) is 6.60. The van der Waals surface area contributed by atoms with Crippen LogP contribution in [0.4, 0.5) is 0 Å². The number of amides is 1. The van der Waals surface area contributed by atoms with Crippen LogP contribution in [0.2, 0.25) is 0 Å². The summed E-state index contributed by atoms with van der Waals surface area (Å²) in [5.74, 6) is 0.528. The van der Waals surface area contributed by atoms with Crippen molar-refractivity contribution in [2.24, 2.45) is 5.92 Å². The highest BCUT2D eigenvalue weighted by molar-refractivity contribution is 5.78. The van der Waals surface area contributed by atoms with Crippen LogP contribution in [0.25, 0.3) is 0 Å².